The van der Waals surface area contributed by atoms with E-state index in [4.69, 9.17) is 8.85 Å². The molecule has 0 spiro atoms. The Morgan fingerprint density at radius 1 is 1.05 bits per heavy atom. The van der Waals surface area contributed by atoms with E-state index in [1.165, 1.54) is 13.0 Å². The molecule has 0 rings (SSSR count). The van der Waals surface area contributed by atoms with Crippen molar-refractivity contribution in [3.05, 3.63) is 0 Å². The van der Waals surface area contributed by atoms with Crippen LogP contribution >= 0.6 is 0 Å². The Kier molecular flexibility index (Phi) is 8.71. The van der Waals surface area contributed by atoms with Crippen molar-refractivity contribution >= 4 is 17.5 Å². The maximum atomic E-state index is 5.73. The third-order valence-corrected chi connectivity index (χ3v) is 12.5. The highest BCUT2D eigenvalue weighted by atomic mass is 28.3. The minimum Gasteiger partial charge on any atom is -0.397 e. The van der Waals surface area contributed by atoms with Crippen molar-refractivity contribution in [1.82, 2.24) is 4.57 Å². The van der Waals surface area contributed by atoms with Crippen LogP contribution in [-0.2, 0) is 8.85 Å². The fourth-order valence-corrected chi connectivity index (χ4v) is 5.49. The molecule has 0 heterocycles. The molecule has 19 heavy (non-hydrogen) atoms. The van der Waals surface area contributed by atoms with E-state index in [2.05, 4.69) is 59.3 Å². The molecule has 5 heteroatoms. The normalized spacial score (nSPS) is 13.6. The Balaban J connectivity index is 4.18. The summed E-state index contributed by atoms with van der Waals surface area (Å²) < 4.78 is 14.1. The van der Waals surface area contributed by atoms with Gasteiger partial charge in [-0.25, -0.2) is 0 Å². The lowest BCUT2D eigenvalue weighted by molar-refractivity contribution is 0.212. The molecule has 0 unspecified atom stereocenters. The van der Waals surface area contributed by atoms with E-state index in [9.17, 15) is 0 Å². The van der Waals surface area contributed by atoms with Gasteiger partial charge in [0.2, 0.25) is 0 Å². The summed E-state index contributed by atoms with van der Waals surface area (Å²) in [7, 11) is -0.463. The Morgan fingerprint density at radius 3 is 1.89 bits per heavy atom. The van der Waals surface area contributed by atoms with Crippen molar-refractivity contribution < 1.29 is 8.85 Å². The fraction of sp³-hybridized carbons (Fsp3) is 1.00. The van der Waals surface area contributed by atoms with Crippen LogP contribution < -0.4 is 0 Å². The molecule has 3 nitrogen and oxygen atoms in total. The maximum absolute atomic E-state index is 5.73. The van der Waals surface area contributed by atoms with Gasteiger partial charge in [-0.2, -0.15) is 0 Å². The first-order valence-corrected chi connectivity index (χ1v) is 12.3. The molecule has 0 aromatic heterocycles. The molecule has 0 aliphatic rings. The van der Waals surface area contributed by atoms with E-state index < -0.39 is 17.5 Å². The van der Waals surface area contributed by atoms with Crippen LogP contribution in [-0.4, -0.2) is 48.9 Å². The van der Waals surface area contributed by atoms with Crippen molar-refractivity contribution in [3.8, 4) is 0 Å². The van der Waals surface area contributed by atoms with Crippen LogP contribution in [0.3, 0.4) is 0 Å². The summed E-state index contributed by atoms with van der Waals surface area (Å²) in [5.74, 6) is 0. The summed E-state index contributed by atoms with van der Waals surface area (Å²) in [4.78, 5) is 0. The van der Waals surface area contributed by atoms with Crippen molar-refractivity contribution in [3.63, 3.8) is 0 Å². The van der Waals surface area contributed by atoms with Gasteiger partial charge in [-0.15, -0.1) is 0 Å². The van der Waals surface area contributed by atoms with Gasteiger partial charge >= 0.3 is 9.28 Å². The van der Waals surface area contributed by atoms with Crippen LogP contribution in [0.2, 0.25) is 24.2 Å². The van der Waals surface area contributed by atoms with Crippen molar-refractivity contribution in [2.45, 2.75) is 65.2 Å². The first kappa shape index (κ1) is 19.3. The van der Waals surface area contributed by atoms with E-state index in [-0.39, 0.29) is 0 Å². The smallest absolute Gasteiger partial charge is 0.321 e. The third kappa shape index (κ3) is 6.53. The molecule has 0 aliphatic heterocycles. The van der Waals surface area contributed by atoms with E-state index in [1.807, 2.05) is 0 Å². The average molecular weight is 306 g/mol. The molecule has 0 saturated heterocycles. The van der Waals surface area contributed by atoms with Crippen LogP contribution in [0.4, 0.5) is 0 Å². The van der Waals surface area contributed by atoms with Gasteiger partial charge in [-0.3, -0.25) is 0 Å². The lowest BCUT2D eigenvalue weighted by Gasteiger charge is -2.44. The second-order valence-corrected chi connectivity index (χ2v) is 14.2. The van der Waals surface area contributed by atoms with Gasteiger partial charge in [-0.05, 0) is 44.9 Å². The van der Waals surface area contributed by atoms with E-state index in [1.54, 1.807) is 0 Å². The Bertz CT molecular complexity index is 236. The largest absolute Gasteiger partial charge is 0.397 e. The maximum Gasteiger partial charge on any atom is 0.321 e. The SMILES string of the molecule is CCO[SiH](CCCN(C)[Si](C)(C)C(C)(C)C)OCC. The molecule has 0 fully saturated rings. The van der Waals surface area contributed by atoms with Crippen molar-refractivity contribution in [2.75, 3.05) is 26.8 Å². The topological polar surface area (TPSA) is 21.7 Å². The number of rotatable bonds is 9. The predicted octanol–water partition coefficient (Wildman–Crippen LogP) is 3.61. The standard InChI is InChI=1S/C14H35NO2Si2/c1-9-16-18(17-10-2)13-11-12-15(6)19(7,8)14(3,4)5/h18H,9-13H2,1-8H3. The molecule has 0 N–H and O–H groups in total. The summed E-state index contributed by atoms with van der Waals surface area (Å²) in [6, 6.07) is 1.13. The lowest BCUT2D eigenvalue weighted by atomic mass is 10.2. The molecule has 0 atom stereocenters. The van der Waals surface area contributed by atoms with Crippen LogP contribution in [0, 0.1) is 0 Å². The van der Waals surface area contributed by atoms with Crippen LogP contribution in [0.1, 0.15) is 41.0 Å². The molecule has 0 aliphatic carbocycles. The Labute approximate surface area is 123 Å². The molecule has 0 aromatic rings. The van der Waals surface area contributed by atoms with Gasteiger partial charge < -0.3 is 13.4 Å². The second-order valence-electron chi connectivity index (χ2n) is 6.71. The first-order chi connectivity index (χ1) is 8.66. The third-order valence-electron chi connectivity index (χ3n) is 4.43. The highest BCUT2D eigenvalue weighted by Crippen LogP contribution is 2.37. The molecule has 116 valence electrons. The van der Waals surface area contributed by atoms with Crippen LogP contribution in [0.15, 0.2) is 0 Å². The zero-order valence-corrected chi connectivity index (χ0v) is 16.5. The molecule has 0 radical (unpaired) electrons. The number of hydrogen-bond acceptors (Lipinski definition) is 3. The van der Waals surface area contributed by atoms with Gasteiger partial charge in [0.1, 0.15) is 8.24 Å². The minimum absolute atomic E-state index is 0.415. The van der Waals surface area contributed by atoms with E-state index >= 15 is 0 Å². The summed E-state index contributed by atoms with van der Waals surface area (Å²) in [6.45, 7) is 18.9. The number of nitrogens with zero attached hydrogens (tertiary/aromatic N) is 1. The fourth-order valence-electron chi connectivity index (χ4n) is 1.93. The highest BCUT2D eigenvalue weighted by molar-refractivity contribution is 6.77. The Hall–Kier alpha value is 0.314. The molecular formula is C14H35NO2Si2. The van der Waals surface area contributed by atoms with E-state index in [0.717, 1.165) is 19.3 Å². The van der Waals surface area contributed by atoms with Crippen LogP contribution in [0.25, 0.3) is 0 Å². The van der Waals surface area contributed by atoms with Gasteiger partial charge in [0.25, 0.3) is 0 Å². The second kappa shape index (κ2) is 8.57. The Morgan fingerprint density at radius 2 is 1.53 bits per heavy atom. The summed E-state index contributed by atoms with van der Waals surface area (Å²) in [5.41, 5.74) is 0. The average Bonchev–Trinajstić information content (AvgIpc) is 2.27. The lowest BCUT2D eigenvalue weighted by Crippen LogP contribution is -2.53. The zero-order valence-electron chi connectivity index (χ0n) is 14.4. The molecule has 0 bridgehead atoms. The van der Waals surface area contributed by atoms with Crippen LogP contribution in [0.5, 0.6) is 0 Å². The molecule has 0 amide bonds. The number of hydrogen-bond donors (Lipinski definition) is 0. The van der Waals surface area contributed by atoms with Gasteiger partial charge in [0, 0.05) is 13.2 Å². The highest BCUT2D eigenvalue weighted by Gasteiger charge is 2.38. The molecular weight excluding hydrogens is 270 g/mol. The molecule has 0 saturated carbocycles. The quantitative estimate of drug-likeness (QED) is 0.607. The van der Waals surface area contributed by atoms with Gasteiger partial charge in [0.05, 0.1) is 0 Å². The van der Waals surface area contributed by atoms with E-state index in [0.29, 0.717) is 5.04 Å². The van der Waals surface area contributed by atoms with Crippen molar-refractivity contribution in [1.29, 1.82) is 0 Å². The predicted molar refractivity (Wildman–Crippen MR) is 89.7 cm³/mol. The van der Waals surface area contributed by atoms with Gasteiger partial charge in [-0.1, -0.05) is 33.9 Å². The minimum atomic E-state index is -1.40. The first-order valence-electron chi connectivity index (χ1n) is 7.61. The summed E-state index contributed by atoms with van der Waals surface area (Å²) >= 11 is 0. The zero-order chi connectivity index (χ0) is 15.1. The summed E-state index contributed by atoms with van der Waals surface area (Å²) in [5, 5.41) is 0.415. The molecule has 0 aromatic carbocycles. The van der Waals surface area contributed by atoms with Gasteiger partial charge in [0.15, 0.2) is 0 Å². The monoisotopic (exact) mass is 305 g/mol. The summed E-state index contributed by atoms with van der Waals surface area (Å²) in [6.07, 6.45) is 1.19. The van der Waals surface area contributed by atoms with Crippen molar-refractivity contribution in [2.24, 2.45) is 0 Å².